The monoisotopic (exact) mass is 192 g/mol. The van der Waals surface area contributed by atoms with E-state index >= 15 is 0 Å². The van der Waals surface area contributed by atoms with Gasteiger partial charge in [0.05, 0.1) is 0 Å². The molecule has 1 aromatic rings. The quantitative estimate of drug-likeness (QED) is 0.708. The Hall–Kier alpha value is -1.18. The fourth-order valence-corrected chi connectivity index (χ4v) is 1.65. The van der Waals surface area contributed by atoms with Gasteiger partial charge in [0.15, 0.2) is 0 Å². The molecule has 0 fully saturated rings. The fourth-order valence-electron chi connectivity index (χ4n) is 1.65. The third kappa shape index (κ3) is 1.84. The van der Waals surface area contributed by atoms with Gasteiger partial charge in [-0.15, -0.1) is 0 Å². The molecule has 0 heterocycles. The van der Waals surface area contributed by atoms with Crippen molar-refractivity contribution in [2.45, 2.75) is 39.5 Å². The molecule has 0 saturated carbocycles. The lowest BCUT2D eigenvalue weighted by atomic mass is 9.79. The van der Waals surface area contributed by atoms with Crippen LogP contribution >= 0.6 is 0 Å². The van der Waals surface area contributed by atoms with Gasteiger partial charge in [-0.25, -0.2) is 0 Å². The standard InChI is InChI=1S/C12H20N2/c1-5-12(3,4)10-6-9(13)7-11(14)8(10)2/h6-7H,5,13-14H2,1-4H3. The Morgan fingerprint density at radius 2 is 1.79 bits per heavy atom. The van der Waals surface area contributed by atoms with Crippen LogP contribution in [-0.4, -0.2) is 0 Å². The summed E-state index contributed by atoms with van der Waals surface area (Å²) in [7, 11) is 0. The molecule has 0 saturated heterocycles. The molecule has 4 N–H and O–H groups in total. The zero-order chi connectivity index (χ0) is 10.9. The molecule has 1 rings (SSSR count). The van der Waals surface area contributed by atoms with Crippen LogP contribution < -0.4 is 11.5 Å². The number of nitrogens with two attached hydrogens (primary N) is 2. The fraction of sp³-hybridized carbons (Fsp3) is 0.500. The van der Waals surface area contributed by atoms with E-state index in [1.165, 1.54) is 5.56 Å². The van der Waals surface area contributed by atoms with Crippen molar-refractivity contribution in [1.82, 2.24) is 0 Å². The van der Waals surface area contributed by atoms with E-state index in [1.807, 2.05) is 12.1 Å². The average Bonchev–Trinajstić information content (AvgIpc) is 2.11. The van der Waals surface area contributed by atoms with Gasteiger partial charge in [-0.05, 0) is 42.0 Å². The van der Waals surface area contributed by atoms with Crippen LogP contribution in [0.15, 0.2) is 12.1 Å². The lowest BCUT2D eigenvalue weighted by Gasteiger charge is -2.26. The van der Waals surface area contributed by atoms with Gasteiger partial charge in [-0.2, -0.15) is 0 Å². The summed E-state index contributed by atoms with van der Waals surface area (Å²) in [5, 5.41) is 0. The van der Waals surface area contributed by atoms with E-state index in [2.05, 4.69) is 27.7 Å². The molecule has 78 valence electrons. The van der Waals surface area contributed by atoms with Gasteiger partial charge in [-0.1, -0.05) is 20.8 Å². The van der Waals surface area contributed by atoms with Gasteiger partial charge < -0.3 is 11.5 Å². The van der Waals surface area contributed by atoms with E-state index in [-0.39, 0.29) is 5.41 Å². The van der Waals surface area contributed by atoms with Crippen LogP contribution in [-0.2, 0) is 5.41 Å². The lowest BCUT2D eigenvalue weighted by Crippen LogP contribution is -2.18. The Bertz CT molecular complexity index is 340. The number of hydrogen-bond donors (Lipinski definition) is 2. The van der Waals surface area contributed by atoms with Crippen LogP contribution in [0.3, 0.4) is 0 Å². The van der Waals surface area contributed by atoms with Crippen molar-refractivity contribution in [1.29, 1.82) is 0 Å². The van der Waals surface area contributed by atoms with Crippen molar-refractivity contribution >= 4 is 11.4 Å². The molecule has 2 heteroatoms. The Morgan fingerprint density at radius 1 is 1.21 bits per heavy atom. The zero-order valence-corrected chi connectivity index (χ0v) is 9.52. The summed E-state index contributed by atoms with van der Waals surface area (Å²) in [6, 6.07) is 3.86. The number of anilines is 2. The van der Waals surface area contributed by atoms with E-state index in [4.69, 9.17) is 11.5 Å². The summed E-state index contributed by atoms with van der Waals surface area (Å²) in [4.78, 5) is 0. The molecule has 0 spiro atoms. The third-order valence-electron chi connectivity index (χ3n) is 3.08. The number of rotatable bonds is 2. The first-order chi connectivity index (χ1) is 6.38. The van der Waals surface area contributed by atoms with Crippen LogP contribution in [0.5, 0.6) is 0 Å². The SMILES string of the molecule is CCC(C)(C)c1cc(N)cc(N)c1C. The van der Waals surface area contributed by atoms with Crippen molar-refractivity contribution in [2.24, 2.45) is 0 Å². The van der Waals surface area contributed by atoms with E-state index in [9.17, 15) is 0 Å². The number of benzene rings is 1. The molecule has 0 amide bonds. The van der Waals surface area contributed by atoms with Gasteiger partial charge >= 0.3 is 0 Å². The second-order valence-corrected chi connectivity index (χ2v) is 4.52. The van der Waals surface area contributed by atoms with Gasteiger partial charge in [0.1, 0.15) is 0 Å². The van der Waals surface area contributed by atoms with Crippen LogP contribution in [0.25, 0.3) is 0 Å². The molecular formula is C12H20N2. The molecule has 0 radical (unpaired) electrons. The largest absolute Gasteiger partial charge is 0.399 e. The van der Waals surface area contributed by atoms with Crippen molar-refractivity contribution < 1.29 is 0 Å². The van der Waals surface area contributed by atoms with Crippen LogP contribution in [0.1, 0.15) is 38.3 Å². The maximum absolute atomic E-state index is 5.89. The molecular weight excluding hydrogens is 172 g/mol. The smallest absolute Gasteiger partial charge is 0.0367 e. The first-order valence-electron chi connectivity index (χ1n) is 5.04. The third-order valence-corrected chi connectivity index (χ3v) is 3.08. The van der Waals surface area contributed by atoms with Crippen LogP contribution in [0.2, 0.25) is 0 Å². The minimum absolute atomic E-state index is 0.146. The summed E-state index contributed by atoms with van der Waals surface area (Å²) >= 11 is 0. The first-order valence-corrected chi connectivity index (χ1v) is 5.04. The summed E-state index contributed by atoms with van der Waals surface area (Å²) in [6.07, 6.45) is 1.08. The number of hydrogen-bond acceptors (Lipinski definition) is 2. The minimum atomic E-state index is 0.146. The molecule has 1 aromatic carbocycles. The van der Waals surface area contributed by atoms with E-state index in [0.29, 0.717) is 0 Å². The first kappa shape index (κ1) is 10.9. The highest BCUT2D eigenvalue weighted by Crippen LogP contribution is 2.33. The van der Waals surface area contributed by atoms with Crippen molar-refractivity contribution in [3.05, 3.63) is 23.3 Å². The Balaban J connectivity index is 3.34. The summed E-state index contributed by atoms with van der Waals surface area (Å²) in [6.45, 7) is 8.67. The molecule has 0 aromatic heterocycles. The van der Waals surface area contributed by atoms with E-state index < -0.39 is 0 Å². The molecule has 14 heavy (non-hydrogen) atoms. The molecule has 0 aliphatic rings. The van der Waals surface area contributed by atoms with Crippen LogP contribution in [0, 0.1) is 6.92 Å². The van der Waals surface area contributed by atoms with Crippen molar-refractivity contribution in [3.63, 3.8) is 0 Å². The molecule has 0 aliphatic heterocycles. The second-order valence-electron chi connectivity index (χ2n) is 4.52. The summed E-state index contributed by atoms with van der Waals surface area (Å²) in [5.74, 6) is 0. The summed E-state index contributed by atoms with van der Waals surface area (Å²) in [5.41, 5.74) is 15.8. The molecule has 0 aliphatic carbocycles. The molecule has 2 nitrogen and oxygen atoms in total. The van der Waals surface area contributed by atoms with Crippen molar-refractivity contribution in [3.8, 4) is 0 Å². The predicted molar refractivity (Wildman–Crippen MR) is 63.3 cm³/mol. The second kappa shape index (κ2) is 3.52. The van der Waals surface area contributed by atoms with Crippen LogP contribution in [0.4, 0.5) is 11.4 Å². The molecule has 0 unspecified atom stereocenters. The highest BCUT2D eigenvalue weighted by molar-refractivity contribution is 5.61. The highest BCUT2D eigenvalue weighted by atomic mass is 14.6. The van der Waals surface area contributed by atoms with Gasteiger partial charge in [-0.3, -0.25) is 0 Å². The molecule has 0 atom stereocenters. The van der Waals surface area contributed by atoms with E-state index in [1.54, 1.807) is 0 Å². The van der Waals surface area contributed by atoms with Crippen molar-refractivity contribution in [2.75, 3.05) is 11.5 Å². The lowest BCUT2D eigenvalue weighted by molar-refractivity contribution is 0.504. The minimum Gasteiger partial charge on any atom is -0.399 e. The van der Waals surface area contributed by atoms with Gasteiger partial charge in [0.25, 0.3) is 0 Å². The predicted octanol–water partition coefficient (Wildman–Crippen LogP) is 2.85. The highest BCUT2D eigenvalue weighted by Gasteiger charge is 2.21. The number of nitrogen functional groups attached to an aromatic ring is 2. The van der Waals surface area contributed by atoms with Gasteiger partial charge in [0.2, 0.25) is 0 Å². The maximum atomic E-state index is 5.89. The Morgan fingerprint density at radius 3 is 2.29 bits per heavy atom. The topological polar surface area (TPSA) is 52.0 Å². The van der Waals surface area contributed by atoms with E-state index in [0.717, 1.165) is 23.4 Å². The maximum Gasteiger partial charge on any atom is 0.0367 e. The Labute approximate surface area is 86.3 Å². The average molecular weight is 192 g/mol. The zero-order valence-electron chi connectivity index (χ0n) is 9.52. The molecule has 0 bridgehead atoms. The Kier molecular flexibility index (Phi) is 2.74. The van der Waals surface area contributed by atoms with Gasteiger partial charge in [0, 0.05) is 11.4 Å². The summed E-state index contributed by atoms with van der Waals surface area (Å²) < 4.78 is 0. The normalized spacial score (nSPS) is 11.7.